The number of piperidine rings is 1. The summed E-state index contributed by atoms with van der Waals surface area (Å²) in [5.74, 6) is 1.77. The van der Waals surface area contributed by atoms with E-state index in [2.05, 4.69) is 35.9 Å². The first-order valence-electron chi connectivity index (χ1n) is 13.9. The van der Waals surface area contributed by atoms with Gasteiger partial charge in [-0.15, -0.1) is 0 Å². The van der Waals surface area contributed by atoms with Gasteiger partial charge in [-0.3, -0.25) is 14.4 Å². The van der Waals surface area contributed by atoms with Crippen LogP contribution in [0, 0.1) is 11.3 Å². The van der Waals surface area contributed by atoms with Gasteiger partial charge in [0.1, 0.15) is 23.3 Å². The Morgan fingerprint density at radius 2 is 1.86 bits per heavy atom. The molecule has 2 bridgehead atoms. The fourth-order valence-corrected chi connectivity index (χ4v) is 6.25. The second kappa shape index (κ2) is 10.4. The Labute approximate surface area is 242 Å². The van der Waals surface area contributed by atoms with Crippen molar-refractivity contribution in [2.45, 2.75) is 31.5 Å². The number of piperazine rings is 1. The molecule has 7 rings (SSSR count). The molecule has 2 unspecified atom stereocenters. The maximum Gasteiger partial charge on any atom is 0.212 e. The number of rotatable bonds is 6. The van der Waals surface area contributed by atoms with E-state index >= 15 is 0 Å². The number of aromatic nitrogens is 6. The van der Waals surface area contributed by atoms with E-state index < -0.39 is 0 Å². The van der Waals surface area contributed by atoms with Crippen LogP contribution < -0.4 is 9.64 Å². The quantitative estimate of drug-likeness (QED) is 0.331. The summed E-state index contributed by atoms with van der Waals surface area (Å²) >= 11 is 0. The lowest BCUT2D eigenvalue weighted by Gasteiger charge is -2.50. The van der Waals surface area contributed by atoms with Crippen molar-refractivity contribution < 1.29 is 9.53 Å². The lowest BCUT2D eigenvalue weighted by Crippen LogP contribution is -2.62. The maximum absolute atomic E-state index is 12.5. The first-order chi connectivity index (χ1) is 20.5. The number of ketones is 1. The molecular formula is C31H29N9O2. The van der Waals surface area contributed by atoms with E-state index in [4.69, 9.17) is 9.72 Å². The van der Waals surface area contributed by atoms with Crippen molar-refractivity contribution in [3.05, 3.63) is 72.4 Å². The number of Topliss-reactive ketones (excluding diaryl/α,β-unsaturated/α-hetero) is 1. The first-order valence-corrected chi connectivity index (χ1v) is 13.9. The summed E-state index contributed by atoms with van der Waals surface area (Å²) in [7, 11) is 3.48. The molecule has 0 aromatic carbocycles. The Bertz CT molecular complexity index is 1800. The molecule has 7 heterocycles. The summed E-state index contributed by atoms with van der Waals surface area (Å²) in [5.41, 5.74) is 5.77. The summed E-state index contributed by atoms with van der Waals surface area (Å²) in [4.78, 5) is 34.3. The number of hydrogen-bond acceptors (Lipinski definition) is 9. The van der Waals surface area contributed by atoms with Crippen LogP contribution in [0.4, 0.5) is 5.82 Å². The number of pyridine rings is 3. The standard InChI is InChI=1S/C31H29N9O2/c1-38-16-22(14-36-38)27-9-26-30(21(10-32)13-35-31(26)37-27)20-4-5-28(33-12-20)39-17-23-7-25(41)8-24(18-39)40(23)15-19-3-6-29(42-2)34-11-19/h3-6,9,11-14,16,23-24H,7-8,15,17-18H2,1-2H3,(H,35,37). The third kappa shape index (κ3) is 4.65. The van der Waals surface area contributed by atoms with Crippen LogP contribution in [-0.4, -0.2) is 72.7 Å². The van der Waals surface area contributed by atoms with E-state index in [1.807, 2.05) is 56.0 Å². The predicted octanol–water partition coefficient (Wildman–Crippen LogP) is 3.72. The number of nitrogens with one attached hydrogen (secondary N) is 1. The van der Waals surface area contributed by atoms with Gasteiger partial charge in [-0.2, -0.15) is 10.4 Å². The highest BCUT2D eigenvalue weighted by atomic mass is 16.5. The number of methoxy groups -OCH3 is 1. The second-order valence-electron chi connectivity index (χ2n) is 11.0. The number of carbonyl (C=O) groups excluding carboxylic acids is 1. The zero-order valence-electron chi connectivity index (χ0n) is 23.4. The molecule has 0 radical (unpaired) electrons. The molecule has 2 aliphatic heterocycles. The molecule has 2 aliphatic rings. The highest BCUT2D eigenvalue weighted by Crippen LogP contribution is 2.35. The Kier molecular flexibility index (Phi) is 6.40. The summed E-state index contributed by atoms with van der Waals surface area (Å²) in [6.07, 6.45) is 10.1. The van der Waals surface area contributed by atoms with E-state index in [0.717, 1.165) is 45.7 Å². The van der Waals surface area contributed by atoms with Crippen LogP contribution in [0.5, 0.6) is 5.88 Å². The summed E-state index contributed by atoms with van der Waals surface area (Å²) < 4.78 is 6.94. The smallest absolute Gasteiger partial charge is 0.212 e. The minimum Gasteiger partial charge on any atom is -0.481 e. The van der Waals surface area contributed by atoms with Crippen molar-refractivity contribution in [1.29, 1.82) is 5.26 Å². The lowest BCUT2D eigenvalue weighted by atomic mass is 9.89. The van der Waals surface area contributed by atoms with Crippen LogP contribution in [0.3, 0.4) is 0 Å². The molecule has 2 atom stereocenters. The number of aryl methyl sites for hydroxylation is 1. The third-order valence-corrected chi connectivity index (χ3v) is 8.25. The van der Waals surface area contributed by atoms with Crippen molar-refractivity contribution >= 4 is 22.6 Å². The molecule has 210 valence electrons. The molecule has 2 saturated heterocycles. The van der Waals surface area contributed by atoms with E-state index in [-0.39, 0.29) is 12.1 Å². The SMILES string of the molecule is COc1ccc(CN2C3CC(=O)CC2CN(c2ccc(-c4c(C#N)cnc5[nH]c(-c6cnn(C)c6)cc45)cn2)C3)cn1. The average molecular weight is 560 g/mol. The number of H-pyrrole nitrogens is 1. The normalized spacial score (nSPS) is 18.8. The highest BCUT2D eigenvalue weighted by molar-refractivity contribution is 5.98. The maximum atomic E-state index is 12.5. The zero-order chi connectivity index (χ0) is 28.8. The van der Waals surface area contributed by atoms with Gasteiger partial charge in [0, 0.05) is 105 Å². The van der Waals surface area contributed by atoms with Gasteiger partial charge in [0.25, 0.3) is 0 Å². The molecular weight excluding hydrogens is 530 g/mol. The third-order valence-electron chi connectivity index (χ3n) is 8.25. The van der Waals surface area contributed by atoms with Crippen LogP contribution in [0.1, 0.15) is 24.0 Å². The Morgan fingerprint density at radius 1 is 1.02 bits per heavy atom. The minimum absolute atomic E-state index is 0.101. The molecule has 11 heteroatoms. The molecule has 0 spiro atoms. The summed E-state index contributed by atoms with van der Waals surface area (Å²) in [5, 5.41) is 15.0. The van der Waals surface area contributed by atoms with Crippen molar-refractivity contribution in [3.63, 3.8) is 0 Å². The Morgan fingerprint density at radius 3 is 2.50 bits per heavy atom. The zero-order valence-corrected chi connectivity index (χ0v) is 23.4. The lowest BCUT2D eigenvalue weighted by molar-refractivity contribution is -0.126. The number of ether oxygens (including phenoxy) is 1. The summed E-state index contributed by atoms with van der Waals surface area (Å²) in [6, 6.07) is 12.5. The highest BCUT2D eigenvalue weighted by Gasteiger charge is 2.41. The van der Waals surface area contributed by atoms with Gasteiger partial charge in [-0.05, 0) is 23.8 Å². The van der Waals surface area contributed by atoms with E-state index in [0.29, 0.717) is 48.8 Å². The number of fused-ring (bicyclic) bond motifs is 3. The molecule has 1 N–H and O–H groups in total. The van der Waals surface area contributed by atoms with Crippen molar-refractivity contribution in [2.75, 3.05) is 25.1 Å². The summed E-state index contributed by atoms with van der Waals surface area (Å²) in [6.45, 7) is 2.17. The van der Waals surface area contributed by atoms with E-state index in [1.165, 1.54) is 0 Å². The fourth-order valence-electron chi connectivity index (χ4n) is 6.25. The number of anilines is 1. The number of aromatic amines is 1. The minimum atomic E-state index is 0.101. The number of carbonyl (C=O) groups is 1. The predicted molar refractivity (Wildman–Crippen MR) is 157 cm³/mol. The van der Waals surface area contributed by atoms with E-state index in [1.54, 1.807) is 24.2 Å². The monoisotopic (exact) mass is 559 g/mol. The van der Waals surface area contributed by atoms with Gasteiger partial charge in [-0.1, -0.05) is 6.07 Å². The van der Waals surface area contributed by atoms with Crippen LogP contribution in [-0.2, 0) is 18.4 Å². The Balaban J connectivity index is 1.15. The molecule has 5 aromatic heterocycles. The molecule has 0 aliphatic carbocycles. The van der Waals surface area contributed by atoms with Crippen LogP contribution in [0.2, 0.25) is 0 Å². The molecule has 5 aromatic rings. The van der Waals surface area contributed by atoms with Gasteiger partial charge < -0.3 is 14.6 Å². The molecule has 42 heavy (non-hydrogen) atoms. The number of hydrogen-bond donors (Lipinski definition) is 1. The molecule has 0 saturated carbocycles. The van der Waals surface area contributed by atoms with Crippen molar-refractivity contribution in [2.24, 2.45) is 7.05 Å². The molecule has 2 fully saturated rings. The van der Waals surface area contributed by atoms with Gasteiger partial charge >= 0.3 is 0 Å². The van der Waals surface area contributed by atoms with E-state index in [9.17, 15) is 10.1 Å². The fraction of sp³-hybridized carbons (Fsp3) is 0.290. The van der Waals surface area contributed by atoms with Crippen LogP contribution in [0.15, 0.2) is 61.3 Å². The number of nitrogens with zero attached hydrogens (tertiary/aromatic N) is 8. The van der Waals surface area contributed by atoms with Crippen molar-refractivity contribution in [3.8, 4) is 34.3 Å². The largest absolute Gasteiger partial charge is 0.481 e. The van der Waals surface area contributed by atoms with Gasteiger partial charge in [0.2, 0.25) is 5.88 Å². The van der Waals surface area contributed by atoms with Gasteiger partial charge in [0.05, 0.1) is 24.6 Å². The number of nitriles is 1. The topological polar surface area (TPSA) is 129 Å². The van der Waals surface area contributed by atoms with Gasteiger partial charge in [0.15, 0.2) is 0 Å². The van der Waals surface area contributed by atoms with Crippen molar-refractivity contribution in [1.82, 2.24) is 34.6 Å². The van der Waals surface area contributed by atoms with Crippen LogP contribution in [0.25, 0.3) is 33.4 Å². The first kappa shape index (κ1) is 25.9. The average Bonchev–Trinajstić information content (AvgIpc) is 3.63. The van der Waals surface area contributed by atoms with Gasteiger partial charge in [-0.25, -0.2) is 15.0 Å². The Hall–Kier alpha value is -5.08. The molecule has 0 amide bonds. The molecule has 11 nitrogen and oxygen atoms in total. The van der Waals surface area contributed by atoms with Crippen LogP contribution >= 0.6 is 0 Å². The second-order valence-corrected chi connectivity index (χ2v) is 11.0.